The normalized spacial score (nSPS) is 10.8. The molecule has 0 aliphatic rings. The number of amides is 1. The van der Waals surface area contributed by atoms with Gasteiger partial charge < -0.3 is 14.6 Å². The molecule has 0 saturated carbocycles. The summed E-state index contributed by atoms with van der Waals surface area (Å²) in [6.45, 7) is 4.69. The second-order valence-corrected chi connectivity index (χ2v) is 6.82. The third kappa shape index (κ3) is 4.33. The van der Waals surface area contributed by atoms with Gasteiger partial charge in [0, 0.05) is 6.54 Å². The predicted molar refractivity (Wildman–Crippen MR) is 107 cm³/mol. The number of para-hydroxylation sites is 1. The number of hydrogen-bond donors (Lipinski definition) is 1. The largest absolute Gasteiger partial charge is 0.462 e. The Kier molecular flexibility index (Phi) is 6.30. The van der Waals surface area contributed by atoms with Gasteiger partial charge in [-0.15, -0.1) is 0 Å². The molecule has 0 radical (unpaired) electrons. The first-order chi connectivity index (χ1) is 13.5. The zero-order valence-corrected chi connectivity index (χ0v) is 16.4. The Morgan fingerprint density at radius 1 is 1.21 bits per heavy atom. The fourth-order valence-electron chi connectivity index (χ4n) is 2.74. The molecule has 0 unspecified atom stereocenters. The third-order valence-corrected chi connectivity index (χ3v) is 5.00. The van der Waals surface area contributed by atoms with Crippen LogP contribution in [0.3, 0.4) is 0 Å². The number of anilines is 1. The molecule has 0 saturated heterocycles. The number of esters is 1. The summed E-state index contributed by atoms with van der Waals surface area (Å²) < 4.78 is 20.6. The van der Waals surface area contributed by atoms with Crippen LogP contribution in [0.15, 0.2) is 47.6 Å². The summed E-state index contributed by atoms with van der Waals surface area (Å²) in [5, 5.41) is 3.21. The zero-order chi connectivity index (χ0) is 20.1. The van der Waals surface area contributed by atoms with E-state index in [9.17, 15) is 14.0 Å². The minimum Gasteiger partial charge on any atom is -0.462 e. The van der Waals surface area contributed by atoms with Crippen LogP contribution >= 0.6 is 11.8 Å². The van der Waals surface area contributed by atoms with Crippen molar-refractivity contribution in [2.75, 3.05) is 17.7 Å². The number of imidazole rings is 1. The first kappa shape index (κ1) is 19.9. The maximum Gasteiger partial charge on any atom is 0.338 e. The van der Waals surface area contributed by atoms with E-state index in [1.54, 1.807) is 31.2 Å². The number of hydrogen-bond acceptors (Lipinski definition) is 5. The molecular formula is C20H20FN3O3S. The summed E-state index contributed by atoms with van der Waals surface area (Å²) in [6.07, 6.45) is 0. The van der Waals surface area contributed by atoms with Gasteiger partial charge in [0.25, 0.3) is 0 Å². The number of aryl methyl sites for hydroxylation is 1. The molecule has 1 aromatic heterocycles. The van der Waals surface area contributed by atoms with Crippen molar-refractivity contribution in [1.29, 1.82) is 0 Å². The van der Waals surface area contributed by atoms with Gasteiger partial charge in [-0.25, -0.2) is 14.2 Å². The van der Waals surface area contributed by atoms with E-state index in [1.807, 2.05) is 17.6 Å². The van der Waals surface area contributed by atoms with E-state index in [0.717, 1.165) is 5.52 Å². The van der Waals surface area contributed by atoms with Gasteiger partial charge in [-0.2, -0.15) is 0 Å². The minimum absolute atomic E-state index is 0.0857. The molecule has 28 heavy (non-hydrogen) atoms. The summed E-state index contributed by atoms with van der Waals surface area (Å²) in [5.41, 5.74) is 2.11. The molecule has 6 nitrogen and oxygen atoms in total. The summed E-state index contributed by atoms with van der Waals surface area (Å²) in [4.78, 5) is 28.6. The fourth-order valence-corrected chi connectivity index (χ4v) is 3.62. The number of ether oxygens (including phenoxy) is 1. The van der Waals surface area contributed by atoms with Crippen LogP contribution in [-0.4, -0.2) is 33.8 Å². The van der Waals surface area contributed by atoms with Gasteiger partial charge in [-0.1, -0.05) is 23.9 Å². The molecule has 1 N–H and O–H groups in total. The van der Waals surface area contributed by atoms with Gasteiger partial charge in [0.05, 0.1) is 34.6 Å². The molecule has 0 fully saturated rings. The number of thioether (sulfide) groups is 1. The maximum absolute atomic E-state index is 13.7. The monoisotopic (exact) mass is 401 g/mol. The van der Waals surface area contributed by atoms with E-state index in [1.165, 1.54) is 23.9 Å². The van der Waals surface area contributed by atoms with Crippen LogP contribution in [0.25, 0.3) is 11.0 Å². The number of benzene rings is 2. The standard InChI is InChI=1S/C20H20FN3O3S/c1-3-24-17-10-9-13(19(26)27-4-2)11-16(17)23-20(24)28-12-18(25)22-15-8-6-5-7-14(15)21/h5-11H,3-4,12H2,1-2H3,(H,22,25). The van der Waals surface area contributed by atoms with Crippen molar-refractivity contribution in [2.45, 2.75) is 25.5 Å². The summed E-state index contributed by atoms with van der Waals surface area (Å²) in [6, 6.07) is 11.2. The van der Waals surface area contributed by atoms with Crippen LogP contribution in [0.5, 0.6) is 0 Å². The predicted octanol–water partition coefficient (Wildman–Crippen LogP) is 4.10. The topological polar surface area (TPSA) is 73.2 Å². The molecule has 0 aliphatic heterocycles. The number of rotatable bonds is 7. The van der Waals surface area contributed by atoms with Gasteiger partial charge in [0.15, 0.2) is 5.16 Å². The lowest BCUT2D eigenvalue weighted by molar-refractivity contribution is -0.113. The van der Waals surface area contributed by atoms with Crippen LogP contribution in [0.1, 0.15) is 24.2 Å². The van der Waals surface area contributed by atoms with E-state index >= 15 is 0 Å². The van der Waals surface area contributed by atoms with Gasteiger partial charge >= 0.3 is 5.97 Å². The van der Waals surface area contributed by atoms with Crippen molar-refractivity contribution < 1.29 is 18.7 Å². The van der Waals surface area contributed by atoms with Gasteiger partial charge in [0.2, 0.25) is 5.91 Å². The van der Waals surface area contributed by atoms with Crippen molar-refractivity contribution in [3.05, 3.63) is 53.8 Å². The highest BCUT2D eigenvalue weighted by Crippen LogP contribution is 2.25. The highest BCUT2D eigenvalue weighted by atomic mass is 32.2. The number of carbonyl (C=O) groups excluding carboxylic acids is 2. The number of halogens is 1. The van der Waals surface area contributed by atoms with E-state index in [-0.39, 0.29) is 17.3 Å². The average Bonchev–Trinajstić information content (AvgIpc) is 3.05. The lowest BCUT2D eigenvalue weighted by Gasteiger charge is -2.07. The van der Waals surface area contributed by atoms with Crippen molar-refractivity contribution in [3.63, 3.8) is 0 Å². The van der Waals surface area contributed by atoms with Gasteiger partial charge in [-0.05, 0) is 44.2 Å². The molecule has 3 rings (SSSR count). The highest BCUT2D eigenvalue weighted by Gasteiger charge is 2.15. The van der Waals surface area contributed by atoms with Gasteiger partial charge in [-0.3, -0.25) is 4.79 Å². The number of nitrogens with one attached hydrogen (secondary N) is 1. The highest BCUT2D eigenvalue weighted by molar-refractivity contribution is 7.99. The van der Waals surface area contributed by atoms with Crippen LogP contribution in [-0.2, 0) is 16.1 Å². The molecule has 8 heteroatoms. The molecule has 0 aliphatic carbocycles. The Morgan fingerprint density at radius 2 is 2.00 bits per heavy atom. The van der Waals surface area contributed by atoms with Crippen LogP contribution in [0, 0.1) is 5.82 Å². The summed E-state index contributed by atoms with van der Waals surface area (Å²) in [5.74, 6) is -1.11. The first-order valence-electron chi connectivity index (χ1n) is 8.88. The Morgan fingerprint density at radius 3 is 2.71 bits per heavy atom. The number of aromatic nitrogens is 2. The Labute approximate surface area is 166 Å². The van der Waals surface area contributed by atoms with E-state index < -0.39 is 11.8 Å². The second-order valence-electron chi connectivity index (χ2n) is 5.88. The SMILES string of the molecule is CCOC(=O)c1ccc2c(c1)nc(SCC(=O)Nc1ccccc1F)n2CC. The molecule has 146 valence electrons. The average molecular weight is 401 g/mol. The Bertz CT molecular complexity index is 1020. The van der Waals surface area contributed by atoms with E-state index in [4.69, 9.17) is 4.74 Å². The lowest BCUT2D eigenvalue weighted by Crippen LogP contribution is -2.15. The fraction of sp³-hybridized carbons (Fsp3) is 0.250. The van der Waals surface area contributed by atoms with E-state index in [2.05, 4.69) is 10.3 Å². The van der Waals surface area contributed by atoms with Crippen molar-refractivity contribution in [1.82, 2.24) is 9.55 Å². The summed E-state index contributed by atoms with van der Waals surface area (Å²) >= 11 is 1.26. The first-order valence-corrected chi connectivity index (χ1v) is 9.86. The molecule has 2 aromatic carbocycles. The Balaban J connectivity index is 1.76. The Hall–Kier alpha value is -2.87. The third-order valence-electron chi connectivity index (χ3n) is 4.02. The van der Waals surface area contributed by atoms with Crippen molar-refractivity contribution in [2.24, 2.45) is 0 Å². The smallest absolute Gasteiger partial charge is 0.338 e. The van der Waals surface area contributed by atoms with Crippen LogP contribution in [0.4, 0.5) is 10.1 Å². The molecule has 1 amide bonds. The van der Waals surface area contributed by atoms with Crippen molar-refractivity contribution in [3.8, 4) is 0 Å². The molecule has 0 spiro atoms. The second kappa shape index (κ2) is 8.88. The zero-order valence-electron chi connectivity index (χ0n) is 15.6. The lowest BCUT2D eigenvalue weighted by atomic mass is 10.2. The summed E-state index contributed by atoms with van der Waals surface area (Å²) in [7, 11) is 0. The van der Waals surface area contributed by atoms with Gasteiger partial charge in [0.1, 0.15) is 5.82 Å². The molecule has 0 bridgehead atoms. The molecule has 3 aromatic rings. The van der Waals surface area contributed by atoms with Crippen molar-refractivity contribution >= 4 is 40.4 Å². The quantitative estimate of drug-likeness (QED) is 0.477. The number of fused-ring (bicyclic) bond motifs is 1. The maximum atomic E-state index is 13.7. The minimum atomic E-state index is -0.479. The van der Waals surface area contributed by atoms with Crippen LogP contribution < -0.4 is 5.32 Å². The van der Waals surface area contributed by atoms with Crippen LogP contribution in [0.2, 0.25) is 0 Å². The number of carbonyl (C=O) groups is 2. The van der Waals surface area contributed by atoms with E-state index in [0.29, 0.717) is 29.4 Å². The molecular weight excluding hydrogens is 381 g/mol. The molecule has 0 atom stereocenters. The molecule has 1 heterocycles. The number of nitrogens with zero attached hydrogens (tertiary/aromatic N) is 2.